The molecule has 0 saturated carbocycles. The average molecular weight is 314 g/mol. The van der Waals surface area contributed by atoms with E-state index >= 15 is 0 Å². The molecule has 3 nitrogen and oxygen atoms in total. The van der Waals surface area contributed by atoms with Crippen LogP contribution in [0.5, 0.6) is 0 Å². The monoisotopic (exact) mass is 314 g/mol. The summed E-state index contributed by atoms with van der Waals surface area (Å²) in [4.78, 5) is 4.16. The number of rotatable bonds is 1. The zero-order valence-corrected chi connectivity index (χ0v) is 12.5. The topological polar surface area (TPSA) is 47.6 Å². The summed E-state index contributed by atoms with van der Waals surface area (Å²) in [7, 11) is 0. The lowest BCUT2D eigenvalue weighted by atomic mass is 9.78. The smallest absolute Gasteiger partial charge is 0.282 e. The van der Waals surface area contributed by atoms with Gasteiger partial charge in [0.2, 0.25) is 0 Å². The number of amidine groups is 1. The first-order chi connectivity index (χ1) is 11.0. The van der Waals surface area contributed by atoms with Crippen LogP contribution >= 0.6 is 0 Å². The molecule has 0 amide bonds. The molecule has 1 atom stereocenters. The lowest BCUT2D eigenvalue weighted by Gasteiger charge is -2.34. The van der Waals surface area contributed by atoms with Crippen molar-refractivity contribution in [3.63, 3.8) is 0 Å². The largest absolute Gasteiger partial charge is 0.456 e. The van der Waals surface area contributed by atoms with E-state index in [1.54, 1.807) is 0 Å². The Morgan fingerprint density at radius 1 is 1.13 bits per heavy atom. The third kappa shape index (κ3) is 2.46. The highest BCUT2D eigenvalue weighted by atomic mass is 19.1. The van der Waals surface area contributed by atoms with Gasteiger partial charge in [-0.1, -0.05) is 18.2 Å². The Bertz CT molecular complexity index is 798. The number of fused-ring (bicyclic) bond motifs is 1. The molecule has 4 rings (SSSR count). The van der Waals surface area contributed by atoms with E-state index in [2.05, 4.69) is 4.99 Å². The number of nitrogens with zero attached hydrogens (tertiary/aromatic N) is 1. The maximum Gasteiger partial charge on any atom is 0.282 e. The quantitative estimate of drug-likeness (QED) is 0.878. The molecule has 0 bridgehead atoms. The molecule has 1 heterocycles. The zero-order valence-electron chi connectivity index (χ0n) is 12.5. The van der Waals surface area contributed by atoms with Gasteiger partial charge < -0.3 is 10.5 Å². The lowest BCUT2D eigenvalue weighted by Crippen LogP contribution is -2.40. The van der Waals surface area contributed by atoms with E-state index in [4.69, 9.17) is 10.5 Å². The van der Waals surface area contributed by atoms with Crippen LogP contribution < -0.4 is 5.73 Å². The van der Waals surface area contributed by atoms with Crippen molar-refractivity contribution < 1.29 is 13.5 Å². The minimum Gasteiger partial charge on any atom is -0.456 e. The zero-order chi connectivity index (χ0) is 16.0. The van der Waals surface area contributed by atoms with Crippen molar-refractivity contribution in [3.05, 3.63) is 59.2 Å². The Morgan fingerprint density at radius 3 is 2.61 bits per heavy atom. The highest BCUT2D eigenvalue weighted by Crippen LogP contribution is 2.38. The number of aliphatic imine (C=N–C) groups is 1. The van der Waals surface area contributed by atoms with E-state index < -0.39 is 11.6 Å². The van der Waals surface area contributed by atoms with Crippen molar-refractivity contribution in [1.82, 2.24) is 0 Å². The second-order valence-corrected chi connectivity index (χ2v) is 6.22. The van der Waals surface area contributed by atoms with Gasteiger partial charge in [0.25, 0.3) is 6.02 Å². The summed E-state index contributed by atoms with van der Waals surface area (Å²) in [6.07, 6.45) is 2.27. The van der Waals surface area contributed by atoms with Crippen molar-refractivity contribution in [2.75, 3.05) is 6.54 Å². The van der Waals surface area contributed by atoms with Gasteiger partial charge in [-0.05, 0) is 47.2 Å². The Labute approximate surface area is 132 Å². The fourth-order valence-corrected chi connectivity index (χ4v) is 3.59. The molecule has 0 fully saturated rings. The predicted molar refractivity (Wildman–Crippen MR) is 84.1 cm³/mol. The van der Waals surface area contributed by atoms with Crippen molar-refractivity contribution in [1.29, 1.82) is 0 Å². The molecule has 2 aliphatic rings. The number of hydrogen-bond donors (Lipinski definition) is 1. The summed E-state index contributed by atoms with van der Waals surface area (Å²) in [5, 5.41) is 0. The normalized spacial score (nSPS) is 22.6. The van der Waals surface area contributed by atoms with Crippen LogP contribution in [0.3, 0.4) is 0 Å². The van der Waals surface area contributed by atoms with E-state index in [0.717, 1.165) is 35.6 Å². The van der Waals surface area contributed by atoms with E-state index in [9.17, 15) is 8.78 Å². The molecular weight excluding hydrogens is 298 g/mol. The van der Waals surface area contributed by atoms with Gasteiger partial charge >= 0.3 is 0 Å². The van der Waals surface area contributed by atoms with E-state index in [0.29, 0.717) is 18.5 Å². The maximum atomic E-state index is 13.5. The lowest BCUT2D eigenvalue weighted by molar-refractivity contribution is 0.0704. The molecule has 1 aliphatic heterocycles. The van der Waals surface area contributed by atoms with Crippen molar-refractivity contribution in [2.45, 2.75) is 24.9 Å². The van der Waals surface area contributed by atoms with Crippen LogP contribution in [0, 0.1) is 11.6 Å². The van der Waals surface area contributed by atoms with Gasteiger partial charge in [-0.3, -0.25) is 0 Å². The van der Waals surface area contributed by atoms with E-state index in [1.165, 1.54) is 12.1 Å². The molecule has 0 unspecified atom stereocenters. The summed E-state index contributed by atoms with van der Waals surface area (Å²) in [6.45, 7) is 0.567. The Balaban J connectivity index is 1.74. The molecule has 0 saturated heterocycles. The minimum atomic E-state index is -0.565. The number of nitrogens with two attached hydrogens (primary N) is 1. The molecule has 5 heteroatoms. The van der Waals surface area contributed by atoms with Gasteiger partial charge in [-0.15, -0.1) is 0 Å². The van der Waals surface area contributed by atoms with Crippen molar-refractivity contribution in [3.8, 4) is 11.1 Å². The van der Waals surface area contributed by atoms with Crippen LogP contribution in [-0.2, 0) is 17.6 Å². The summed E-state index contributed by atoms with van der Waals surface area (Å²) in [5.41, 5.74) is 9.00. The van der Waals surface area contributed by atoms with Gasteiger partial charge in [0.05, 0.1) is 6.54 Å². The third-order valence-electron chi connectivity index (χ3n) is 4.63. The Morgan fingerprint density at radius 2 is 1.91 bits per heavy atom. The van der Waals surface area contributed by atoms with Gasteiger partial charge in [0.15, 0.2) is 0 Å². The summed E-state index contributed by atoms with van der Waals surface area (Å²) >= 11 is 0. The van der Waals surface area contributed by atoms with Crippen molar-refractivity contribution in [2.24, 2.45) is 10.7 Å². The molecule has 2 aromatic carbocycles. The first kappa shape index (κ1) is 14.2. The van der Waals surface area contributed by atoms with Crippen LogP contribution in [-0.4, -0.2) is 18.2 Å². The van der Waals surface area contributed by atoms with Crippen LogP contribution in [0.4, 0.5) is 8.78 Å². The standard InChI is InChI=1S/C18H16F2N2O/c19-13-6-12(7-14(20)8-13)15-3-1-2-11-9-18(5-4-16(11)15)10-22-17(21)23-18/h1-3,6-8H,4-5,9-10H2,(H2,21,22)/t18-/m1/s1. The number of benzene rings is 2. The van der Waals surface area contributed by atoms with Crippen LogP contribution in [0.2, 0.25) is 0 Å². The Kier molecular flexibility index (Phi) is 3.11. The van der Waals surface area contributed by atoms with Gasteiger partial charge in [-0.2, -0.15) is 0 Å². The molecule has 23 heavy (non-hydrogen) atoms. The SMILES string of the molecule is NC1=NC[C@]2(CCc3c(cccc3-c3cc(F)cc(F)c3)C2)O1. The molecule has 118 valence electrons. The minimum absolute atomic E-state index is 0.247. The predicted octanol–water partition coefficient (Wildman–Crippen LogP) is 3.20. The van der Waals surface area contributed by atoms with E-state index in [1.807, 2.05) is 18.2 Å². The molecule has 2 N–H and O–H groups in total. The van der Waals surface area contributed by atoms with Crippen LogP contribution in [0.1, 0.15) is 17.5 Å². The first-order valence-electron chi connectivity index (χ1n) is 7.61. The fraction of sp³-hybridized carbons (Fsp3) is 0.278. The third-order valence-corrected chi connectivity index (χ3v) is 4.63. The number of halogens is 2. The molecule has 0 radical (unpaired) electrons. The number of hydrogen-bond acceptors (Lipinski definition) is 3. The number of ether oxygens (including phenoxy) is 1. The van der Waals surface area contributed by atoms with Gasteiger partial charge in [0, 0.05) is 12.5 Å². The molecular formula is C18H16F2N2O. The molecule has 1 spiro atoms. The molecule has 2 aromatic rings. The summed E-state index contributed by atoms with van der Waals surface area (Å²) in [6, 6.07) is 9.73. The Hall–Kier alpha value is -2.43. The summed E-state index contributed by atoms with van der Waals surface area (Å²) < 4.78 is 32.8. The van der Waals surface area contributed by atoms with Gasteiger partial charge in [0.1, 0.15) is 17.2 Å². The molecule has 1 aliphatic carbocycles. The first-order valence-corrected chi connectivity index (χ1v) is 7.61. The highest BCUT2D eigenvalue weighted by molar-refractivity contribution is 5.74. The molecule has 0 aromatic heterocycles. The average Bonchev–Trinajstić information content (AvgIpc) is 2.86. The second kappa shape index (κ2) is 5.05. The maximum absolute atomic E-state index is 13.5. The second-order valence-electron chi connectivity index (χ2n) is 6.22. The van der Waals surface area contributed by atoms with Crippen LogP contribution in [0.25, 0.3) is 11.1 Å². The summed E-state index contributed by atoms with van der Waals surface area (Å²) in [5.74, 6) is -1.13. The van der Waals surface area contributed by atoms with E-state index in [-0.39, 0.29) is 11.6 Å². The van der Waals surface area contributed by atoms with Crippen molar-refractivity contribution >= 4 is 6.02 Å². The fourth-order valence-electron chi connectivity index (χ4n) is 3.59. The van der Waals surface area contributed by atoms with Gasteiger partial charge in [-0.25, -0.2) is 13.8 Å². The van der Waals surface area contributed by atoms with Crippen LogP contribution in [0.15, 0.2) is 41.4 Å². The highest BCUT2D eigenvalue weighted by Gasteiger charge is 2.40.